The van der Waals surface area contributed by atoms with E-state index in [1.54, 1.807) is 29.2 Å². The lowest BCUT2D eigenvalue weighted by Gasteiger charge is -2.10. The van der Waals surface area contributed by atoms with Crippen LogP contribution in [0.3, 0.4) is 0 Å². The number of hydrogen-bond acceptors (Lipinski definition) is 4. The number of amides is 1. The molecule has 168 valence electrons. The van der Waals surface area contributed by atoms with Crippen molar-refractivity contribution in [2.45, 2.75) is 13.0 Å². The molecule has 0 unspecified atom stereocenters. The Labute approximate surface area is 196 Å². The van der Waals surface area contributed by atoms with Gasteiger partial charge in [-0.25, -0.2) is 0 Å². The van der Waals surface area contributed by atoms with Crippen LogP contribution < -0.4 is 10.9 Å². The number of pyridine rings is 2. The largest absolute Gasteiger partial charge is 0.352 e. The molecule has 0 aliphatic carbocycles. The summed E-state index contributed by atoms with van der Waals surface area (Å²) in [6.07, 6.45) is 7.78. The van der Waals surface area contributed by atoms with Crippen LogP contribution in [-0.2, 0) is 13.0 Å². The van der Waals surface area contributed by atoms with Crippen molar-refractivity contribution in [3.05, 3.63) is 119 Å². The van der Waals surface area contributed by atoms with E-state index in [-0.39, 0.29) is 11.5 Å². The second kappa shape index (κ2) is 9.54. The third-order valence-electron chi connectivity index (χ3n) is 5.74. The molecule has 7 heteroatoms. The van der Waals surface area contributed by atoms with Gasteiger partial charge in [-0.05, 0) is 59.0 Å². The number of hydrogen-bond donors (Lipinski definition) is 2. The summed E-state index contributed by atoms with van der Waals surface area (Å²) in [7, 11) is 0. The van der Waals surface area contributed by atoms with Gasteiger partial charge in [-0.1, -0.05) is 24.3 Å². The summed E-state index contributed by atoms with van der Waals surface area (Å²) in [6, 6.07) is 20.8. The summed E-state index contributed by atoms with van der Waals surface area (Å²) in [5, 5.41) is 11.3. The van der Waals surface area contributed by atoms with Crippen LogP contribution in [0.4, 0.5) is 0 Å². The Morgan fingerprint density at radius 3 is 2.76 bits per heavy atom. The molecule has 0 fully saturated rings. The number of rotatable bonds is 7. The minimum atomic E-state index is -0.143. The van der Waals surface area contributed by atoms with Crippen molar-refractivity contribution in [2.24, 2.45) is 0 Å². The number of aromatic amines is 1. The van der Waals surface area contributed by atoms with Gasteiger partial charge < -0.3 is 9.88 Å². The van der Waals surface area contributed by atoms with Crippen molar-refractivity contribution in [2.75, 3.05) is 6.54 Å². The molecule has 5 rings (SSSR count). The van der Waals surface area contributed by atoms with E-state index >= 15 is 0 Å². The van der Waals surface area contributed by atoms with E-state index in [0.29, 0.717) is 30.5 Å². The molecule has 3 aromatic heterocycles. The Morgan fingerprint density at radius 1 is 1.00 bits per heavy atom. The van der Waals surface area contributed by atoms with E-state index in [2.05, 4.69) is 20.5 Å². The monoisotopic (exact) mass is 449 g/mol. The first-order valence-corrected chi connectivity index (χ1v) is 11.1. The smallest absolute Gasteiger partial charge is 0.258 e. The van der Waals surface area contributed by atoms with Crippen molar-refractivity contribution in [1.29, 1.82) is 0 Å². The molecular weight excluding hydrogens is 426 g/mol. The van der Waals surface area contributed by atoms with Gasteiger partial charge in [-0.15, -0.1) is 0 Å². The number of nitrogens with one attached hydrogen (secondary N) is 2. The zero-order chi connectivity index (χ0) is 23.3. The normalized spacial score (nSPS) is 10.9. The zero-order valence-corrected chi connectivity index (χ0v) is 18.4. The number of benzene rings is 2. The summed E-state index contributed by atoms with van der Waals surface area (Å²) in [5.74, 6) is -0.143. The lowest BCUT2D eigenvalue weighted by molar-refractivity contribution is 0.0954. The van der Waals surface area contributed by atoms with E-state index in [1.807, 2.05) is 66.9 Å². The average Bonchev–Trinajstić information content (AvgIpc) is 3.42. The molecule has 0 atom stereocenters. The highest BCUT2D eigenvalue weighted by atomic mass is 16.1. The van der Waals surface area contributed by atoms with E-state index in [4.69, 9.17) is 0 Å². The Bertz CT molecular complexity index is 1490. The number of H-pyrrole nitrogens is 1. The molecule has 0 aliphatic rings. The van der Waals surface area contributed by atoms with Gasteiger partial charge in [0.1, 0.15) is 0 Å². The maximum Gasteiger partial charge on any atom is 0.258 e. The maximum atomic E-state index is 13.1. The third kappa shape index (κ3) is 4.63. The fraction of sp³-hybridized carbons (Fsp3) is 0.111. The van der Waals surface area contributed by atoms with Crippen molar-refractivity contribution >= 4 is 16.7 Å². The Hall–Kier alpha value is -4.52. The van der Waals surface area contributed by atoms with Gasteiger partial charge in [0, 0.05) is 53.8 Å². The molecule has 5 aromatic rings. The van der Waals surface area contributed by atoms with Crippen LogP contribution in [0.25, 0.3) is 21.9 Å². The zero-order valence-electron chi connectivity index (χ0n) is 18.4. The van der Waals surface area contributed by atoms with E-state index in [1.165, 1.54) is 0 Å². The standard InChI is InChI=1S/C27H23N5O2/c33-26(29-12-9-24-6-1-2-11-28-24)22-5-3-4-19(14-22)18-32-13-10-21-15-20(23-16-30-31-17-23)7-8-25(21)27(32)34/h1-8,10-11,13-17H,9,12,18H2,(H,29,33)(H,30,31). The predicted octanol–water partition coefficient (Wildman–Crippen LogP) is 3.81. The fourth-order valence-corrected chi connectivity index (χ4v) is 3.96. The van der Waals surface area contributed by atoms with Crippen molar-refractivity contribution in [1.82, 2.24) is 25.1 Å². The molecule has 0 aliphatic heterocycles. The Kier molecular flexibility index (Phi) is 5.99. The van der Waals surface area contributed by atoms with Crippen LogP contribution in [0, 0.1) is 0 Å². The Balaban J connectivity index is 1.30. The van der Waals surface area contributed by atoms with Crippen LogP contribution in [0.2, 0.25) is 0 Å². The Morgan fingerprint density at radius 2 is 1.94 bits per heavy atom. The molecule has 7 nitrogen and oxygen atoms in total. The van der Waals surface area contributed by atoms with Gasteiger partial charge in [0.15, 0.2) is 0 Å². The summed E-state index contributed by atoms with van der Waals surface area (Å²) < 4.78 is 1.66. The molecule has 2 aromatic carbocycles. The summed E-state index contributed by atoms with van der Waals surface area (Å²) >= 11 is 0. The van der Waals surface area contributed by atoms with E-state index in [0.717, 1.165) is 27.8 Å². The van der Waals surface area contributed by atoms with E-state index < -0.39 is 0 Å². The molecule has 1 amide bonds. The first-order chi connectivity index (χ1) is 16.7. The first kappa shape index (κ1) is 21.3. The van der Waals surface area contributed by atoms with Crippen LogP contribution in [0.5, 0.6) is 0 Å². The molecular formula is C27H23N5O2. The lowest BCUT2D eigenvalue weighted by Crippen LogP contribution is -2.26. The molecule has 0 saturated carbocycles. The number of nitrogens with zero attached hydrogens (tertiary/aromatic N) is 3. The van der Waals surface area contributed by atoms with Crippen LogP contribution in [0.15, 0.2) is 96.3 Å². The van der Waals surface area contributed by atoms with Gasteiger partial charge in [-0.3, -0.25) is 19.7 Å². The lowest BCUT2D eigenvalue weighted by atomic mass is 10.0. The molecule has 0 radical (unpaired) electrons. The first-order valence-electron chi connectivity index (χ1n) is 11.1. The maximum absolute atomic E-state index is 13.1. The molecule has 0 bridgehead atoms. The van der Waals surface area contributed by atoms with E-state index in [9.17, 15) is 9.59 Å². The molecule has 3 heterocycles. The highest BCUT2D eigenvalue weighted by Crippen LogP contribution is 2.22. The summed E-state index contributed by atoms with van der Waals surface area (Å²) in [5.41, 5.74) is 4.29. The highest BCUT2D eigenvalue weighted by molar-refractivity contribution is 5.94. The van der Waals surface area contributed by atoms with Crippen molar-refractivity contribution < 1.29 is 4.79 Å². The predicted molar refractivity (Wildman–Crippen MR) is 132 cm³/mol. The number of carbonyl (C=O) groups is 1. The van der Waals surface area contributed by atoms with Crippen LogP contribution >= 0.6 is 0 Å². The quantitative estimate of drug-likeness (QED) is 0.395. The fourth-order valence-electron chi connectivity index (χ4n) is 3.96. The summed E-state index contributed by atoms with van der Waals surface area (Å²) in [4.78, 5) is 30.0. The molecule has 34 heavy (non-hydrogen) atoms. The number of fused-ring (bicyclic) bond motifs is 1. The van der Waals surface area contributed by atoms with Gasteiger partial charge in [0.2, 0.25) is 0 Å². The van der Waals surface area contributed by atoms with Crippen molar-refractivity contribution in [3.63, 3.8) is 0 Å². The highest BCUT2D eigenvalue weighted by Gasteiger charge is 2.09. The average molecular weight is 450 g/mol. The summed E-state index contributed by atoms with van der Waals surface area (Å²) in [6.45, 7) is 0.887. The second-order valence-corrected chi connectivity index (χ2v) is 8.07. The molecule has 2 N–H and O–H groups in total. The minimum Gasteiger partial charge on any atom is -0.352 e. The van der Waals surface area contributed by atoms with Gasteiger partial charge >= 0.3 is 0 Å². The topological polar surface area (TPSA) is 92.7 Å². The number of aromatic nitrogens is 4. The van der Waals surface area contributed by atoms with Crippen LogP contribution in [-0.4, -0.2) is 32.2 Å². The number of carbonyl (C=O) groups excluding carboxylic acids is 1. The van der Waals surface area contributed by atoms with Gasteiger partial charge in [-0.2, -0.15) is 5.10 Å². The van der Waals surface area contributed by atoms with Crippen molar-refractivity contribution in [3.8, 4) is 11.1 Å². The van der Waals surface area contributed by atoms with Gasteiger partial charge in [0.25, 0.3) is 11.5 Å². The molecule has 0 spiro atoms. The third-order valence-corrected chi connectivity index (χ3v) is 5.74. The second-order valence-electron chi connectivity index (χ2n) is 8.07. The van der Waals surface area contributed by atoms with Crippen LogP contribution in [0.1, 0.15) is 21.6 Å². The molecule has 0 saturated heterocycles. The minimum absolute atomic E-state index is 0.0681. The van der Waals surface area contributed by atoms with Gasteiger partial charge in [0.05, 0.1) is 12.7 Å². The SMILES string of the molecule is O=C(NCCc1ccccn1)c1cccc(Cn2ccc3cc(-c4cn[nH]c4)ccc3c2=O)c1.